The molecule has 6 nitrogen and oxygen atoms in total. The van der Waals surface area contributed by atoms with Crippen molar-refractivity contribution in [1.29, 1.82) is 0 Å². The lowest BCUT2D eigenvalue weighted by Crippen LogP contribution is -2.34. The van der Waals surface area contributed by atoms with Crippen LogP contribution in [0.15, 0.2) is 47.1 Å². The van der Waals surface area contributed by atoms with E-state index in [1.165, 1.54) is 6.07 Å². The zero-order valence-electron chi connectivity index (χ0n) is 15.1. The third-order valence-electron chi connectivity index (χ3n) is 4.75. The minimum absolute atomic E-state index is 0. The number of hydrogen-bond acceptors (Lipinski definition) is 6. The molecular weight excluding hydrogens is 409 g/mol. The molecule has 0 aliphatic heterocycles. The average molecular weight is 427 g/mol. The van der Waals surface area contributed by atoms with Gasteiger partial charge in [0.05, 0.1) is 11.1 Å². The molecule has 0 spiro atoms. The van der Waals surface area contributed by atoms with Crippen LogP contribution in [0.2, 0.25) is 0 Å². The van der Waals surface area contributed by atoms with Gasteiger partial charge in [-0.2, -0.15) is 18.2 Å². The molecule has 3 aromatic rings. The van der Waals surface area contributed by atoms with Crippen LogP contribution in [0.4, 0.5) is 13.2 Å². The monoisotopic (exact) mass is 426 g/mol. The van der Waals surface area contributed by atoms with Gasteiger partial charge in [0.1, 0.15) is 5.75 Å². The third kappa shape index (κ3) is 4.51. The van der Waals surface area contributed by atoms with E-state index in [0.717, 1.165) is 37.9 Å². The molecule has 0 amide bonds. The molecule has 1 aliphatic carbocycles. The Morgan fingerprint density at radius 1 is 1.03 bits per heavy atom. The molecule has 154 valence electrons. The van der Waals surface area contributed by atoms with E-state index in [1.807, 2.05) is 0 Å². The van der Waals surface area contributed by atoms with Gasteiger partial charge in [-0.3, -0.25) is 0 Å². The molecular formula is C19H18ClF3N4O2. The highest BCUT2D eigenvalue weighted by atomic mass is 35.5. The lowest BCUT2D eigenvalue weighted by Gasteiger charge is -2.17. The normalized spacial score (nSPS) is 15.7. The molecule has 29 heavy (non-hydrogen) atoms. The predicted octanol–water partition coefficient (Wildman–Crippen LogP) is 5.09. The van der Waals surface area contributed by atoms with Gasteiger partial charge in [0.15, 0.2) is 5.82 Å². The number of alkyl halides is 3. The first-order valence-corrected chi connectivity index (χ1v) is 8.78. The van der Waals surface area contributed by atoms with Crippen LogP contribution in [-0.4, -0.2) is 15.1 Å². The van der Waals surface area contributed by atoms with E-state index in [0.29, 0.717) is 23.0 Å². The Bertz CT molecular complexity index is 953. The van der Waals surface area contributed by atoms with Crippen molar-refractivity contribution in [3.05, 3.63) is 54.0 Å². The first-order valence-electron chi connectivity index (χ1n) is 8.78. The highest BCUT2D eigenvalue weighted by molar-refractivity contribution is 5.85. The van der Waals surface area contributed by atoms with E-state index in [2.05, 4.69) is 15.1 Å². The molecule has 2 heterocycles. The molecule has 4 rings (SSSR count). The average Bonchev–Trinajstić information content (AvgIpc) is 3.32. The standard InChI is InChI=1S/C19H17F3N4O2.ClH/c20-19(21,22)13-5-8-15(24-11-13)27-14-6-3-12(4-7-14)16-25-17(26-28-16)18(23)9-1-2-10-18;/h3-8,11H,1-2,9-10,23H2;1H. The van der Waals surface area contributed by atoms with E-state index in [9.17, 15) is 13.2 Å². The summed E-state index contributed by atoms with van der Waals surface area (Å²) < 4.78 is 48.5. The van der Waals surface area contributed by atoms with Gasteiger partial charge < -0.3 is 15.0 Å². The highest BCUT2D eigenvalue weighted by Crippen LogP contribution is 2.36. The second-order valence-corrected chi connectivity index (χ2v) is 6.80. The largest absolute Gasteiger partial charge is 0.439 e. The van der Waals surface area contributed by atoms with Gasteiger partial charge in [0, 0.05) is 17.8 Å². The van der Waals surface area contributed by atoms with Crippen LogP contribution in [0.3, 0.4) is 0 Å². The summed E-state index contributed by atoms with van der Waals surface area (Å²) >= 11 is 0. The maximum Gasteiger partial charge on any atom is 0.417 e. The van der Waals surface area contributed by atoms with E-state index < -0.39 is 17.3 Å². The smallest absolute Gasteiger partial charge is 0.417 e. The number of nitrogens with two attached hydrogens (primary N) is 1. The first kappa shape index (κ1) is 21.1. The molecule has 1 aliphatic rings. The quantitative estimate of drug-likeness (QED) is 0.625. The van der Waals surface area contributed by atoms with Crippen LogP contribution < -0.4 is 10.5 Å². The molecule has 2 N–H and O–H groups in total. The molecule has 1 fully saturated rings. The van der Waals surface area contributed by atoms with Crippen LogP contribution in [0, 0.1) is 0 Å². The van der Waals surface area contributed by atoms with Gasteiger partial charge in [-0.15, -0.1) is 12.4 Å². The van der Waals surface area contributed by atoms with Gasteiger partial charge in [0.2, 0.25) is 5.88 Å². The lowest BCUT2D eigenvalue weighted by molar-refractivity contribution is -0.137. The number of nitrogens with zero attached hydrogens (tertiary/aromatic N) is 3. The maximum absolute atomic E-state index is 12.6. The number of benzene rings is 1. The number of ether oxygens (including phenoxy) is 1. The zero-order valence-corrected chi connectivity index (χ0v) is 16.0. The fourth-order valence-electron chi connectivity index (χ4n) is 3.17. The Balaban J connectivity index is 0.00000240. The number of pyridine rings is 1. The summed E-state index contributed by atoms with van der Waals surface area (Å²) in [5.74, 6) is 1.34. The fraction of sp³-hybridized carbons (Fsp3) is 0.316. The first-order chi connectivity index (χ1) is 13.3. The van der Waals surface area contributed by atoms with Crippen LogP contribution in [0.5, 0.6) is 11.6 Å². The van der Waals surface area contributed by atoms with Gasteiger partial charge in [-0.25, -0.2) is 4.98 Å². The Morgan fingerprint density at radius 2 is 1.72 bits per heavy atom. The second-order valence-electron chi connectivity index (χ2n) is 6.80. The molecule has 1 saturated carbocycles. The van der Waals surface area contributed by atoms with Crippen molar-refractivity contribution < 1.29 is 22.4 Å². The summed E-state index contributed by atoms with van der Waals surface area (Å²) in [6.07, 6.45) is 0.0542. The summed E-state index contributed by atoms with van der Waals surface area (Å²) in [5.41, 5.74) is 5.67. The van der Waals surface area contributed by atoms with Crippen molar-refractivity contribution in [3.8, 4) is 23.1 Å². The van der Waals surface area contributed by atoms with Crippen LogP contribution in [0.25, 0.3) is 11.5 Å². The maximum atomic E-state index is 12.6. The van der Waals surface area contributed by atoms with Gasteiger partial charge in [-0.1, -0.05) is 18.0 Å². The van der Waals surface area contributed by atoms with Crippen LogP contribution >= 0.6 is 12.4 Å². The van der Waals surface area contributed by atoms with Gasteiger partial charge >= 0.3 is 6.18 Å². The minimum atomic E-state index is -4.43. The molecule has 10 heteroatoms. The van der Waals surface area contributed by atoms with Crippen molar-refractivity contribution in [2.75, 3.05) is 0 Å². The van der Waals surface area contributed by atoms with Crippen molar-refractivity contribution in [2.24, 2.45) is 5.73 Å². The Labute approximate surface area is 170 Å². The fourth-order valence-corrected chi connectivity index (χ4v) is 3.17. The Morgan fingerprint density at radius 3 is 2.31 bits per heavy atom. The van der Waals surface area contributed by atoms with Crippen molar-refractivity contribution in [2.45, 2.75) is 37.4 Å². The second kappa shape index (κ2) is 8.00. The SMILES string of the molecule is Cl.NC1(c2noc(-c3ccc(Oc4ccc(C(F)(F)F)cn4)cc3)n2)CCCC1. The van der Waals surface area contributed by atoms with E-state index >= 15 is 0 Å². The summed E-state index contributed by atoms with van der Waals surface area (Å²) in [6, 6.07) is 8.81. The lowest BCUT2D eigenvalue weighted by atomic mass is 9.99. The van der Waals surface area contributed by atoms with Crippen molar-refractivity contribution in [1.82, 2.24) is 15.1 Å². The molecule has 1 aromatic carbocycles. The molecule has 0 radical (unpaired) electrons. The van der Waals surface area contributed by atoms with E-state index in [1.54, 1.807) is 24.3 Å². The summed E-state index contributed by atoms with van der Waals surface area (Å²) in [7, 11) is 0. The summed E-state index contributed by atoms with van der Waals surface area (Å²) in [5, 5.41) is 4.02. The topological polar surface area (TPSA) is 87.1 Å². The number of rotatable bonds is 4. The van der Waals surface area contributed by atoms with Crippen molar-refractivity contribution >= 4 is 12.4 Å². The third-order valence-corrected chi connectivity index (χ3v) is 4.75. The summed E-state index contributed by atoms with van der Waals surface area (Å²) in [6.45, 7) is 0. The molecule has 0 unspecified atom stereocenters. The van der Waals surface area contributed by atoms with Gasteiger partial charge in [0.25, 0.3) is 5.89 Å². The Kier molecular flexibility index (Phi) is 5.81. The van der Waals surface area contributed by atoms with Crippen LogP contribution in [-0.2, 0) is 11.7 Å². The minimum Gasteiger partial charge on any atom is -0.439 e. The molecule has 0 bridgehead atoms. The van der Waals surface area contributed by atoms with Gasteiger partial charge in [-0.05, 0) is 43.2 Å². The van der Waals surface area contributed by atoms with Crippen LogP contribution in [0.1, 0.15) is 37.1 Å². The molecule has 0 saturated heterocycles. The molecule has 0 atom stereocenters. The Hall–Kier alpha value is -2.65. The molecule has 2 aromatic heterocycles. The highest BCUT2D eigenvalue weighted by Gasteiger charge is 2.36. The van der Waals surface area contributed by atoms with E-state index in [4.69, 9.17) is 15.0 Å². The predicted molar refractivity (Wildman–Crippen MR) is 101 cm³/mol. The number of halogens is 4. The van der Waals surface area contributed by atoms with E-state index in [-0.39, 0.29) is 18.3 Å². The number of hydrogen-bond donors (Lipinski definition) is 1. The number of aromatic nitrogens is 3. The summed E-state index contributed by atoms with van der Waals surface area (Å²) in [4.78, 5) is 8.10. The van der Waals surface area contributed by atoms with Crippen molar-refractivity contribution in [3.63, 3.8) is 0 Å². The zero-order chi connectivity index (χ0) is 19.8.